The summed E-state index contributed by atoms with van der Waals surface area (Å²) in [6.45, 7) is 0.301. The van der Waals surface area contributed by atoms with Gasteiger partial charge in [-0.25, -0.2) is 14.6 Å². The molecular formula is C21H18ClFN6O2. The predicted octanol–water partition coefficient (Wildman–Crippen LogP) is 2.72. The molecule has 4 aromatic rings. The van der Waals surface area contributed by atoms with E-state index in [0.29, 0.717) is 17.1 Å². The minimum atomic E-state index is -0.477. The maximum Gasteiger partial charge on any atom is 0.332 e. The highest BCUT2D eigenvalue weighted by Crippen LogP contribution is 2.19. The Morgan fingerprint density at radius 3 is 2.42 bits per heavy atom. The standard InChI is InChI=1S/C21H18ClFN6O2/c1-27-18-17(19(30)28(2)21(27)31)29(12-14-3-7-15(22)8-4-14)20(25-18)26-24-11-13-5-9-16(23)10-6-13/h3-11H,12H2,1-2H3,(H,25,26)/b24-11+. The average molecular weight is 441 g/mol. The van der Waals surface area contributed by atoms with Gasteiger partial charge < -0.3 is 0 Å². The largest absolute Gasteiger partial charge is 0.332 e. The maximum atomic E-state index is 13.1. The molecule has 0 bridgehead atoms. The van der Waals surface area contributed by atoms with Crippen LogP contribution in [-0.2, 0) is 20.6 Å². The topological polar surface area (TPSA) is 86.2 Å². The Kier molecular flexibility index (Phi) is 5.43. The van der Waals surface area contributed by atoms with Gasteiger partial charge in [-0.3, -0.25) is 18.5 Å². The van der Waals surface area contributed by atoms with Crippen LogP contribution in [0.25, 0.3) is 11.2 Å². The third-order valence-corrected chi connectivity index (χ3v) is 5.10. The molecule has 0 unspecified atom stereocenters. The van der Waals surface area contributed by atoms with Crippen molar-refractivity contribution in [2.45, 2.75) is 6.54 Å². The number of aryl methyl sites for hydroxylation is 1. The Hall–Kier alpha value is -3.72. The Morgan fingerprint density at radius 1 is 1.06 bits per heavy atom. The third kappa shape index (κ3) is 3.99. The van der Waals surface area contributed by atoms with Crippen LogP contribution in [-0.4, -0.2) is 24.9 Å². The van der Waals surface area contributed by atoms with Crippen molar-refractivity contribution < 1.29 is 4.39 Å². The molecule has 8 nitrogen and oxygen atoms in total. The summed E-state index contributed by atoms with van der Waals surface area (Å²) in [7, 11) is 2.97. The van der Waals surface area contributed by atoms with E-state index in [2.05, 4.69) is 15.5 Å². The van der Waals surface area contributed by atoms with Gasteiger partial charge in [0.1, 0.15) is 5.82 Å². The number of hydrazone groups is 1. The molecule has 158 valence electrons. The number of imidazole rings is 1. The van der Waals surface area contributed by atoms with Gasteiger partial charge in [0.2, 0.25) is 5.95 Å². The molecule has 2 heterocycles. The van der Waals surface area contributed by atoms with Crippen LogP contribution in [0.2, 0.25) is 5.02 Å². The number of hydrogen-bond acceptors (Lipinski definition) is 5. The van der Waals surface area contributed by atoms with Gasteiger partial charge in [0.25, 0.3) is 5.56 Å². The number of anilines is 1. The Bertz CT molecular complexity index is 1400. The van der Waals surface area contributed by atoms with Gasteiger partial charge in [0, 0.05) is 19.1 Å². The van der Waals surface area contributed by atoms with Gasteiger partial charge >= 0.3 is 5.69 Å². The molecular weight excluding hydrogens is 423 g/mol. The van der Waals surface area contributed by atoms with Crippen molar-refractivity contribution in [1.29, 1.82) is 0 Å². The van der Waals surface area contributed by atoms with Gasteiger partial charge in [0.05, 0.1) is 12.8 Å². The first-order valence-electron chi connectivity index (χ1n) is 9.30. The molecule has 0 atom stereocenters. The van der Waals surface area contributed by atoms with E-state index in [1.54, 1.807) is 35.9 Å². The molecule has 0 spiro atoms. The van der Waals surface area contributed by atoms with Crippen LogP contribution in [0.1, 0.15) is 11.1 Å². The van der Waals surface area contributed by atoms with E-state index in [1.807, 2.05) is 12.1 Å². The summed E-state index contributed by atoms with van der Waals surface area (Å²) in [6, 6.07) is 13.0. The molecule has 1 N–H and O–H groups in total. The number of benzene rings is 2. The van der Waals surface area contributed by atoms with E-state index >= 15 is 0 Å². The minimum absolute atomic E-state index is 0.238. The number of rotatable bonds is 5. The van der Waals surface area contributed by atoms with E-state index in [0.717, 1.165) is 10.1 Å². The fraction of sp³-hybridized carbons (Fsp3) is 0.143. The number of halogens is 2. The molecule has 0 saturated carbocycles. The molecule has 0 aliphatic heterocycles. The van der Waals surface area contributed by atoms with Crippen LogP contribution in [0.5, 0.6) is 0 Å². The first-order valence-corrected chi connectivity index (χ1v) is 9.68. The molecule has 0 saturated heterocycles. The van der Waals surface area contributed by atoms with Crippen molar-refractivity contribution in [1.82, 2.24) is 18.7 Å². The summed E-state index contributed by atoms with van der Waals surface area (Å²) in [5, 5.41) is 4.76. The quantitative estimate of drug-likeness (QED) is 0.382. The lowest BCUT2D eigenvalue weighted by molar-refractivity contribution is 0.628. The third-order valence-electron chi connectivity index (χ3n) is 4.85. The van der Waals surface area contributed by atoms with Crippen molar-refractivity contribution in [2.24, 2.45) is 19.2 Å². The molecule has 0 aliphatic carbocycles. The molecule has 0 fully saturated rings. The summed E-state index contributed by atoms with van der Waals surface area (Å²) < 4.78 is 17.1. The van der Waals surface area contributed by atoms with Crippen molar-refractivity contribution >= 4 is 34.9 Å². The summed E-state index contributed by atoms with van der Waals surface area (Å²) in [6.07, 6.45) is 1.50. The number of aromatic nitrogens is 4. The molecule has 0 amide bonds. The molecule has 10 heteroatoms. The fourth-order valence-corrected chi connectivity index (χ4v) is 3.30. The first-order chi connectivity index (χ1) is 14.8. The van der Waals surface area contributed by atoms with E-state index in [-0.39, 0.29) is 22.9 Å². The highest BCUT2D eigenvalue weighted by molar-refractivity contribution is 6.30. The Morgan fingerprint density at radius 2 is 1.74 bits per heavy atom. The smallest absolute Gasteiger partial charge is 0.298 e. The summed E-state index contributed by atoms with van der Waals surface area (Å²) in [5.41, 5.74) is 3.95. The zero-order chi connectivity index (χ0) is 22.1. The van der Waals surface area contributed by atoms with Crippen LogP contribution in [0, 0.1) is 5.82 Å². The van der Waals surface area contributed by atoms with E-state index in [9.17, 15) is 14.0 Å². The monoisotopic (exact) mass is 440 g/mol. The maximum absolute atomic E-state index is 13.1. The summed E-state index contributed by atoms with van der Waals surface area (Å²) in [4.78, 5) is 29.6. The minimum Gasteiger partial charge on any atom is -0.298 e. The number of nitrogens with zero attached hydrogens (tertiary/aromatic N) is 5. The summed E-state index contributed by atoms with van der Waals surface area (Å²) in [5.74, 6) is -0.0618. The molecule has 0 aliphatic rings. The fourth-order valence-electron chi connectivity index (χ4n) is 3.17. The number of nitrogens with one attached hydrogen (secondary N) is 1. The first kappa shape index (κ1) is 20.5. The van der Waals surface area contributed by atoms with E-state index in [4.69, 9.17) is 11.6 Å². The van der Waals surface area contributed by atoms with E-state index < -0.39 is 11.2 Å². The van der Waals surface area contributed by atoms with Crippen molar-refractivity contribution in [3.63, 3.8) is 0 Å². The van der Waals surface area contributed by atoms with Gasteiger partial charge in [-0.15, -0.1) is 0 Å². The normalized spacial score (nSPS) is 11.5. The highest BCUT2D eigenvalue weighted by Gasteiger charge is 2.19. The second-order valence-electron chi connectivity index (χ2n) is 6.95. The number of hydrogen-bond donors (Lipinski definition) is 1. The SMILES string of the molecule is Cn1c(=O)c2c(nc(N/N=C/c3ccc(F)cc3)n2Cc2ccc(Cl)cc2)n(C)c1=O. The second kappa shape index (κ2) is 8.19. The lowest BCUT2D eigenvalue weighted by Crippen LogP contribution is -2.37. The van der Waals surface area contributed by atoms with Crippen LogP contribution >= 0.6 is 11.6 Å². The second-order valence-corrected chi connectivity index (χ2v) is 7.38. The lowest BCUT2D eigenvalue weighted by Gasteiger charge is -2.09. The van der Waals surface area contributed by atoms with Crippen molar-refractivity contribution in [3.8, 4) is 0 Å². The average Bonchev–Trinajstić information content (AvgIpc) is 3.12. The van der Waals surface area contributed by atoms with Crippen molar-refractivity contribution in [3.05, 3.63) is 91.3 Å². The van der Waals surface area contributed by atoms with Crippen molar-refractivity contribution in [2.75, 3.05) is 5.43 Å². The van der Waals surface area contributed by atoms with Crippen LogP contribution < -0.4 is 16.7 Å². The molecule has 2 aromatic heterocycles. The van der Waals surface area contributed by atoms with Gasteiger partial charge in [-0.1, -0.05) is 35.9 Å². The summed E-state index contributed by atoms with van der Waals surface area (Å²) >= 11 is 5.98. The number of fused-ring (bicyclic) bond motifs is 1. The zero-order valence-electron chi connectivity index (χ0n) is 16.7. The predicted molar refractivity (Wildman–Crippen MR) is 118 cm³/mol. The zero-order valence-corrected chi connectivity index (χ0v) is 17.5. The molecule has 2 aromatic carbocycles. The van der Waals surface area contributed by atoms with Crippen LogP contribution in [0.15, 0.2) is 63.2 Å². The van der Waals surface area contributed by atoms with Crippen LogP contribution in [0.4, 0.5) is 10.3 Å². The van der Waals surface area contributed by atoms with Gasteiger partial charge in [0.15, 0.2) is 11.2 Å². The van der Waals surface area contributed by atoms with E-state index in [1.165, 1.54) is 30.0 Å². The molecule has 0 radical (unpaired) electrons. The molecule has 31 heavy (non-hydrogen) atoms. The highest BCUT2D eigenvalue weighted by atomic mass is 35.5. The van der Waals surface area contributed by atoms with Gasteiger partial charge in [-0.05, 0) is 35.4 Å². The van der Waals surface area contributed by atoms with Crippen LogP contribution in [0.3, 0.4) is 0 Å². The Labute approximate surface area is 180 Å². The lowest BCUT2D eigenvalue weighted by atomic mass is 10.2. The Balaban J connectivity index is 1.80. The molecule has 4 rings (SSSR count). The van der Waals surface area contributed by atoms with Gasteiger partial charge in [-0.2, -0.15) is 10.1 Å².